The van der Waals surface area contributed by atoms with Crippen LogP contribution >= 0.6 is 11.8 Å². The van der Waals surface area contributed by atoms with E-state index in [2.05, 4.69) is 10.6 Å². The third-order valence-electron chi connectivity index (χ3n) is 8.18. The van der Waals surface area contributed by atoms with Crippen molar-refractivity contribution < 1.29 is 19.5 Å². The van der Waals surface area contributed by atoms with Gasteiger partial charge in [0.25, 0.3) is 0 Å². The summed E-state index contributed by atoms with van der Waals surface area (Å²) in [6, 6.07) is 13.8. The molecule has 7 nitrogen and oxygen atoms in total. The number of amides is 3. The molecule has 2 bridgehead atoms. The average Bonchev–Trinajstić information content (AvgIpc) is 3.42. The number of likely N-dealkylation sites (tertiary alicyclic amines) is 1. The summed E-state index contributed by atoms with van der Waals surface area (Å²) in [6.45, 7) is 7.45. The van der Waals surface area contributed by atoms with Crippen LogP contribution in [0.1, 0.15) is 37.8 Å². The number of nitrogens with one attached hydrogen (secondary N) is 2. The van der Waals surface area contributed by atoms with E-state index in [9.17, 15) is 19.5 Å². The molecule has 190 valence electrons. The van der Waals surface area contributed by atoms with E-state index in [1.165, 1.54) is 0 Å². The highest BCUT2D eigenvalue weighted by Crippen LogP contribution is 2.71. The van der Waals surface area contributed by atoms with Crippen molar-refractivity contribution in [3.05, 3.63) is 59.7 Å². The summed E-state index contributed by atoms with van der Waals surface area (Å²) in [7, 11) is 0. The van der Waals surface area contributed by atoms with Crippen LogP contribution in [0, 0.1) is 25.7 Å². The van der Waals surface area contributed by atoms with Crippen LogP contribution in [0.4, 0.5) is 11.4 Å². The Kier molecular flexibility index (Phi) is 6.16. The largest absolute Gasteiger partial charge is 0.394 e. The first-order valence-corrected chi connectivity index (χ1v) is 13.3. The van der Waals surface area contributed by atoms with Gasteiger partial charge < -0.3 is 20.6 Å². The van der Waals surface area contributed by atoms with E-state index in [-0.39, 0.29) is 24.3 Å². The number of hydrogen-bond donors (Lipinski definition) is 3. The van der Waals surface area contributed by atoms with Crippen molar-refractivity contribution in [1.29, 1.82) is 0 Å². The van der Waals surface area contributed by atoms with Crippen molar-refractivity contribution in [2.45, 2.75) is 62.1 Å². The lowest BCUT2D eigenvalue weighted by molar-refractivity contribution is -0.141. The summed E-state index contributed by atoms with van der Waals surface area (Å²) in [5, 5.41) is 16.1. The molecule has 3 heterocycles. The second kappa shape index (κ2) is 8.92. The van der Waals surface area contributed by atoms with Crippen LogP contribution < -0.4 is 10.6 Å². The maximum Gasteiger partial charge on any atom is 0.248 e. The molecule has 2 aromatic carbocycles. The fraction of sp³-hybridized carbons (Fsp3) is 0.464. The zero-order valence-electron chi connectivity index (χ0n) is 21.1. The van der Waals surface area contributed by atoms with E-state index in [0.717, 1.165) is 17.5 Å². The number of rotatable bonds is 6. The Morgan fingerprint density at radius 3 is 2.53 bits per heavy atom. The Morgan fingerprint density at radius 1 is 1.11 bits per heavy atom. The first kappa shape index (κ1) is 24.8. The SMILES string of the molecule is Cc1ccc(C)c(NC(=O)C2N([C@H](C)CO)C(=O)[C@@H]3[C@H](C(=O)Nc4ccccc4)[C@]4(C)CCC23S4)c1. The molecule has 1 spiro atoms. The highest BCUT2D eigenvalue weighted by atomic mass is 32.2. The lowest BCUT2D eigenvalue weighted by Crippen LogP contribution is -2.54. The molecule has 8 heteroatoms. The number of para-hydroxylation sites is 1. The fourth-order valence-electron chi connectivity index (χ4n) is 6.44. The zero-order valence-corrected chi connectivity index (χ0v) is 21.9. The van der Waals surface area contributed by atoms with Gasteiger partial charge in [-0.25, -0.2) is 0 Å². The molecule has 2 unspecified atom stereocenters. The average molecular weight is 508 g/mol. The van der Waals surface area contributed by atoms with E-state index >= 15 is 0 Å². The number of carbonyl (C=O) groups excluding carboxylic acids is 3. The third-order valence-corrected chi connectivity index (χ3v) is 10.2. The first-order chi connectivity index (χ1) is 17.1. The molecule has 0 saturated carbocycles. The van der Waals surface area contributed by atoms with E-state index in [1.54, 1.807) is 23.6 Å². The first-order valence-electron chi connectivity index (χ1n) is 12.5. The molecule has 3 aliphatic rings. The lowest BCUT2D eigenvalue weighted by atomic mass is 9.66. The molecule has 0 aliphatic carbocycles. The summed E-state index contributed by atoms with van der Waals surface area (Å²) in [5.41, 5.74) is 3.36. The number of aliphatic hydroxyl groups is 1. The Balaban J connectivity index is 1.53. The van der Waals surface area contributed by atoms with Crippen LogP contribution in [0.2, 0.25) is 0 Å². The van der Waals surface area contributed by atoms with Crippen molar-refractivity contribution in [3.63, 3.8) is 0 Å². The van der Waals surface area contributed by atoms with Crippen molar-refractivity contribution in [2.24, 2.45) is 11.8 Å². The number of benzene rings is 2. The van der Waals surface area contributed by atoms with Gasteiger partial charge in [0.1, 0.15) is 6.04 Å². The summed E-state index contributed by atoms with van der Waals surface area (Å²) in [4.78, 5) is 43.2. The smallest absolute Gasteiger partial charge is 0.248 e. The molecule has 2 aromatic rings. The van der Waals surface area contributed by atoms with Gasteiger partial charge in [-0.2, -0.15) is 0 Å². The molecular weight excluding hydrogens is 474 g/mol. The van der Waals surface area contributed by atoms with Gasteiger partial charge in [0.2, 0.25) is 17.7 Å². The van der Waals surface area contributed by atoms with Crippen LogP contribution in [0.5, 0.6) is 0 Å². The van der Waals surface area contributed by atoms with E-state index < -0.39 is 33.4 Å². The van der Waals surface area contributed by atoms with Gasteiger partial charge in [-0.3, -0.25) is 14.4 Å². The maximum absolute atomic E-state index is 14.0. The van der Waals surface area contributed by atoms with Gasteiger partial charge in [-0.15, -0.1) is 11.8 Å². The number of hydrogen-bond acceptors (Lipinski definition) is 5. The van der Waals surface area contributed by atoms with Gasteiger partial charge in [0.15, 0.2) is 0 Å². The van der Waals surface area contributed by atoms with Crippen molar-refractivity contribution in [2.75, 3.05) is 17.2 Å². The molecular formula is C28H33N3O4S. The third kappa shape index (κ3) is 3.73. The Hall–Kier alpha value is -2.84. The predicted octanol–water partition coefficient (Wildman–Crippen LogP) is 3.74. The molecule has 5 rings (SSSR count). The minimum atomic E-state index is -0.779. The van der Waals surface area contributed by atoms with Crippen LogP contribution in [-0.4, -0.2) is 55.9 Å². The van der Waals surface area contributed by atoms with E-state index in [1.807, 2.05) is 69.3 Å². The molecule has 6 atom stereocenters. The highest BCUT2D eigenvalue weighted by Gasteiger charge is 2.77. The zero-order chi connectivity index (χ0) is 25.8. The molecule has 3 N–H and O–H groups in total. The maximum atomic E-state index is 14.0. The predicted molar refractivity (Wildman–Crippen MR) is 142 cm³/mol. The molecule has 3 aliphatic heterocycles. The van der Waals surface area contributed by atoms with Crippen molar-refractivity contribution >= 4 is 40.9 Å². The van der Waals surface area contributed by atoms with Gasteiger partial charge in [-0.05, 0) is 69.9 Å². The molecule has 3 amide bonds. The molecule has 3 fully saturated rings. The normalized spacial score (nSPS) is 31.3. The standard InChI is InChI=1S/C28H33N3O4S/c1-16-10-11-17(2)20(14-16)30-25(34)23-28-13-12-27(4,36-28)21(22(28)26(35)31(23)18(3)15-32)24(33)29-19-8-6-5-7-9-19/h5-11,14,18,21-23,32H,12-13,15H2,1-4H3,(H,29,33)(H,30,34)/t18-,21-,22+,23?,27+,28?/m1/s1. The minimum absolute atomic E-state index is 0.191. The molecule has 0 aromatic heterocycles. The summed E-state index contributed by atoms with van der Waals surface area (Å²) < 4.78 is -1.18. The monoisotopic (exact) mass is 507 g/mol. The molecule has 0 radical (unpaired) electrons. The second-order valence-electron chi connectivity index (χ2n) is 10.7. The van der Waals surface area contributed by atoms with E-state index in [0.29, 0.717) is 17.8 Å². The number of fused-ring (bicyclic) bond motifs is 1. The highest BCUT2D eigenvalue weighted by molar-refractivity contribution is 8.02. The van der Waals surface area contributed by atoms with Crippen LogP contribution in [-0.2, 0) is 14.4 Å². The summed E-state index contributed by atoms with van der Waals surface area (Å²) in [6.07, 6.45) is 1.40. The van der Waals surface area contributed by atoms with Crippen LogP contribution in [0.3, 0.4) is 0 Å². The number of anilines is 2. The summed E-state index contributed by atoms with van der Waals surface area (Å²) in [5.74, 6) is -1.88. The quantitative estimate of drug-likeness (QED) is 0.553. The van der Waals surface area contributed by atoms with Crippen LogP contribution in [0.25, 0.3) is 0 Å². The fourth-order valence-corrected chi connectivity index (χ4v) is 8.78. The number of aryl methyl sites for hydroxylation is 2. The Morgan fingerprint density at radius 2 is 1.83 bits per heavy atom. The Bertz CT molecular complexity index is 1220. The van der Waals surface area contributed by atoms with Gasteiger partial charge >= 0.3 is 0 Å². The van der Waals surface area contributed by atoms with Gasteiger partial charge in [-0.1, -0.05) is 30.3 Å². The molecule has 3 saturated heterocycles. The van der Waals surface area contributed by atoms with Gasteiger partial charge in [0, 0.05) is 16.1 Å². The van der Waals surface area contributed by atoms with Gasteiger partial charge in [0.05, 0.1) is 29.2 Å². The number of aliphatic hydroxyl groups excluding tert-OH is 1. The minimum Gasteiger partial charge on any atom is -0.394 e. The molecule has 36 heavy (non-hydrogen) atoms. The topological polar surface area (TPSA) is 98.7 Å². The number of nitrogens with zero attached hydrogens (tertiary/aromatic N) is 1. The van der Waals surface area contributed by atoms with Crippen molar-refractivity contribution in [1.82, 2.24) is 4.90 Å². The number of carbonyl (C=O) groups is 3. The van der Waals surface area contributed by atoms with Crippen molar-refractivity contribution in [3.8, 4) is 0 Å². The summed E-state index contributed by atoms with van der Waals surface area (Å²) >= 11 is 1.62. The number of thioether (sulfide) groups is 1. The van der Waals surface area contributed by atoms with E-state index in [4.69, 9.17) is 0 Å². The Labute approximate surface area is 216 Å². The lowest BCUT2D eigenvalue weighted by Gasteiger charge is -2.36. The van der Waals surface area contributed by atoms with Crippen LogP contribution in [0.15, 0.2) is 48.5 Å². The second-order valence-corrected chi connectivity index (χ2v) is 12.6.